The third-order valence-corrected chi connectivity index (χ3v) is 5.64. The van der Waals surface area contributed by atoms with Gasteiger partial charge in [-0.2, -0.15) is 0 Å². The summed E-state index contributed by atoms with van der Waals surface area (Å²) in [4.78, 5) is 1.37. The van der Waals surface area contributed by atoms with Crippen molar-refractivity contribution in [2.75, 3.05) is 0 Å². The van der Waals surface area contributed by atoms with Gasteiger partial charge in [0.15, 0.2) is 0 Å². The molecule has 0 amide bonds. The molecule has 1 aliphatic carbocycles. The monoisotopic (exact) mass is 336 g/mol. The summed E-state index contributed by atoms with van der Waals surface area (Å²) in [6.45, 7) is 0. The van der Waals surface area contributed by atoms with Gasteiger partial charge in [-0.25, -0.2) is 0 Å². The molecule has 1 aliphatic rings. The molecule has 100 valence electrons. The lowest BCUT2D eigenvalue weighted by Gasteiger charge is -2.23. The maximum absolute atomic E-state index is 5.81. The summed E-state index contributed by atoms with van der Waals surface area (Å²) in [5, 5.41) is 2.13. The van der Waals surface area contributed by atoms with Gasteiger partial charge in [0.1, 0.15) is 0 Å². The summed E-state index contributed by atoms with van der Waals surface area (Å²) in [6.07, 6.45) is 3.36. The Morgan fingerprint density at radius 1 is 1.42 bits per heavy atom. The van der Waals surface area contributed by atoms with Crippen LogP contribution in [0.4, 0.5) is 0 Å². The number of benzene rings is 1. The van der Waals surface area contributed by atoms with Crippen molar-refractivity contribution in [3.05, 3.63) is 56.2 Å². The average molecular weight is 337 g/mol. The quantitative estimate of drug-likeness (QED) is 0.661. The van der Waals surface area contributed by atoms with Crippen molar-refractivity contribution in [3.63, 3.8) is 0 Å². The van der Waals surface area contributed by atoms with Gasteiger partial charge >= 0.3 is 0 Å². The van der Waals surface area contributed by atoms with E-state index in [1.165, 1.54) is 28.8 Å². The van der Waals surface area contributed by atoms with E-state index in [-0.39, 0.29) is 0 Å². The zero-order chi connectivity index (χ0) is 13.2. The van der Waals surface area contributed by atoms with Gasteiger partial charge in [0.05, 0.1) is 0 Å². The number of nitrogens with two attached hydrogens (primary N) is 1. The fraction of sp³-hybridized carbons (Fsp3) is 0.333. The molecule has 0 spiro atoms. The normalized spacial score (nSPS) is 19.4. The van der Waals surface area contributed by atoms with Gasteiger partial charge in [-0.15, -0.1) is 11.3 Å². The van der Waals surface area contributed by atoms with Gasteiger partial charge in [-0.05, 0) is 52.4 Å². The number of aryl methyl sites for hydroxylation is 1. The lowest BCUT2D eigenvalue weighted by atomic mass is 9.91. The second kappa shape index (κ2) is 5.75. The molecule has 0 radical (unpaired) electrons. The van der Waals surface area contributed by atoms with Crippen LogP contribution in [0, 0.1) is 0 Å². The van der Waals surface area contributed by atoms with Crippen LogP contribution in [0.2, 0.25) is 0 Å². The zero-order valence-electron chi connectivity index (χ0n) is 10.6. The first-order valence-corrected chi connectivity index (χ1v) is 8.22. The molecule has 0 saturated carbocycles. The molecule has 0 aliphatic heterocycles. The number of hydrogen-bond acceptors (Lipinski definition) is 3. The first-order chi connectivity index (χ1) is 9.28. The highest BCUT2D eigenvalue weighted by Crippen LogP contribution is 2.36. The van der Waals surface area contributed by atoms with Gasteiger partial charge in [0, 0.05) is 26.7 Å². The number of rotatable bonds is 4. The molecule has 0 fully saturated rings. The smallest absolute Gasteiger partial charge is 0.0327 e. The summed E-state index contributed by atoms with van der Waals surface area (Å²) in [6, 6.07) is 11.3. The molecule has 0 bridgehead atoms. The maximum atomic E-state index is 5.81. The van der Waals surface area contributed by atoms with Crippen LogP contribution in [0.5, 0.6) is 0 Å². The number of thiophene rings is 1. The lowest BCUT2D eigenvalue weighted by Crippen LogP contribution is -2.40. The second-order valence-electron chi connectivity index (χ2n) is 5.05. The Kier molecular flexibility index (Phi) is 4.03. The highest BCUT2D eigenvalue weighted by Gasteiger charge is 2.29. The highest BCUT2D eigenvalue weighted by molar-refractivity contribution is 9.10. The van der Waals surface area contributed by atoms with Crippen LogP contribution >= 0.6 is 27.3 Å². The molecule has 19 heavy (non-hydrogen) atoms. The van der Waals surface area contributed by atoms with E-state index in [4.69, 9.17) is 5.84 Å². The third-order valence-electron chi connectivity index (χ3n) is 3.92. The van der Waals surface area contributed by atoms with Crippen molar-refractivity contribution in [2.24, 2.45) is 5.84 Å². The maximum Gasteiger partial charge on any atom is 0.0327 e. The first-order valence-electron chi connectivity index (χ1n) is 6.55. The molecule has 1 aromatic carbocycles. The summed E-state index contributed by atoms with van der Waals surface area (Å²) in [5.74, 6) is 6.34. The number of hydrazine groups is 1. The predicted octanol–water partition coefficient (Wildman–Crippen LogP) is 3.62. The van der Waals surface area contributed by atoms with Gasteiger partial charge in [-0.3, -0.25) is 11.3 Å². The Morgan fingerprint density at radius 2 is 2.26 bits per heavy atom. The largest absolute Gasteiger partial charge is 0.271 e. The molecule has 2 aromatic rings. The fourth-order valence-electron chi connectivity index (χ4n) is 3.00. The lowest BCUT2D eigenvalue weighted by molar-refractivity contribution is 0.436. The Bertz CT molecular complexity index is 567. The number of nitrogens with one attached hydrogen (secondary N) is 1. The van der Waals surface area contributed by atoms with Crippen LogP contribution in [0.3, 0.4) is 0 Å². The topological polar surface area (TPSA) is 38.0 Å². The van der Waals surface area contributed by atoms with Gasteiger partial charge in [0.2, 0.25) is 0 Å². The summed E-state index contributed by atoms with van der Waals surface area (Å²) in [5.41, 5.74) is 5.99. The van der Waals surface area contributed by atoms with Crippen molar-refractivity contribution in [1.29, 1.82) is 0 Å². The minimum atomic E-state index is 0.314. The molecule has 0 saturated heterocycles. The Hall–Kier alpha value is -0.680. The van der Waals surface area contributed by atoms with E-state index < -0.39 is 0 Å². The van der Waals surface area contributed by atoms with Gasteiger partial charge in [-0.1, -0.05) is 24.3 Å². The zero-order valence-corrected chi connectivity index (χ0v) is 13.0. The first kappa shape index (κ1) is 13.3. The van der Waals surface area contributed by atoms with Crippen molar-refractivity contribution in [1.82, 2.24) is 5.43 Å². The van der Waals surface area contributed by atoms with Crippen molar-refractivity contribution in [2.45, 2.75) is 31.2 Å². The van der Waals surface area contributed by atoms with E-state index in [0.717, 1.165) is 10.9 Å². The van der Waals surface area contributed by atoms with Crippen LogP contribution in [0.25, 0.3) is 0 Å². The van der Waals surface area contributed by atoms with Crippen molar-refractivity contribution < 1.29 is 0 Å². The number of hydrogen-bond donors (Lipinski definition) is 2. The molecule has 1 aromatic heterocycles. The molecular formula is C15H17BrN2S. The minimum Gasteiger partial charge on any atom is -0.271 e. The van der Waals surface area contributed by atoms with Crippen molar-refractivity contribution >= 4 is 27.3 Å². The van der Waals surface area contributed by atoms with E-state index in [2.05, 4.69) is 57.1 Å². The van der Waals surface area contributed by atoms with Crippen LogP contribution in [0.1, 0.15) is 28.3 Å². The summed E-state index contributed by atoms with van der Waals surface area (Å²) >= 11 is 5.30. The average Bonchev–Trinajstić information content (AvgIpc) is 3.02. The van der Waals surface area contributed by atoms with Gasteiger partial charge in [0.25, 0.3) is 0 Å². The van der Waals surface area contributed by atoms with Crippen LogP contribution in [-0.2, 0) is 12.8 Å². The van der Waals surface area contributed by atoms with E-state index in [9.17, 15) is 0 Å². The standard InChI is InChI=1S/C15H17BrN2S/c16-11-7-12(19-9-11)8-15(18-17)14-6-5-10-3-1-2-4-13(10)14/h1-4,7,9,14-15,18H,5-6,8,17H2. The highest BCUT2D eigenvalue weighted by atomic mass is 79.9. The molecule has 3 N–H and O–H groups in total. The molecule has 2 unspecified atom stereocenters. The summed E-state index contributed by atoms with van der Waals surface area (Å²) < 4.78 is 1.16. The summed E-state index contributed by atoms with van der Waals surface area (Å²) in [7, 11) is 0. The SMILES string of the molecule is NNC(Cc1cc(Br)cs1)C1CCc2ccccc21. The molecule has 4 heteroatoms. The Morgan fingerprint density at radius 3 is 3.00 bits per heavy atom. The Labute approximate surface area is 126 Å². The minimum absolute atomic E-state index is 0.314. The van der Waals surface area contributed by atoms with E-state index >= 15 is 0 Å². The molecule has 1 heterocycles. The molecule has 3 rings (SSSR count). The number of fused-ring (bicyclic) bond motifs is 1. The second-order valence-corrected chi connectivity index (χ2v) is 6.96. The van der Waals surface area contributed by atoms with Crippen LogP contribution in [0.15, 0.2) is 40.2 Å². The van der Waals surface area contributed by atoms with Gasteiger partial charge < -0.3 is 0 Å². The van der Waals surface area contributed by atoms with E-state index in [1.54, 1.807) is 11.3 Å². The Balaban J connectivity index is 1.80. The molecular weight excluding hydrogens is 320 g/mol. The van der Waals surface area contributed by atoms with Crippen molar-refractivity contribution in [3.8, 4) is 0 Å². The molecule has 2 nitrogen and oxygen atoms in total. The third kappa shape index (κ3) is 2.77. The number of halogens is 1. The van der Waals surface area contributed by atoms with Crippen LogP contribution in [-0.4, -0.2) is 6.04 Å². The fourth-order valence-corrected chi connectivity index (χ4v) is 4.51. The molecule has 2 atom stereocenters. The van der Waals surface area contributed by atoms with E-state index in [1.807, 2.05) is 0 Å². The van der Waals surface area contributed by atoms with Crippen LogP contribution < -0.4 is 11.3 Å². The predicted molar refractivity (Wildman–Crippen MR) is 84.3 cm³/mol. The van der Waals surface area contributed by atoms with E-state index in [0.29, 0.717) is 12.0 Å².